The number of phenols is 2. The Hall–Kier alpha value is -2.59. The summed E-state index contributed by atoms with van der Waals surface area (Å²) in [6, 6.07) is 9.51. The zero-order valence-corrected chi connectivity index (χ0v) is 13.7. The van der Waals surface area contributed by atoms with Crippen LogP contribution in [0.25, 0.3) is 17.2 Å². The highest BCUT2D eigenvalue weighted by Crippen LogP contribution is 2.46. The lowest BCUT2D eigenvalue weighted by Gasteiger charge is -2.22. The minimum atomic E-state index is -0.0881. The summed E-state index contributed by atoms with van der Waals surface area (Å²) in [5, 5.41) is 24.2. The van der Waals surface area contributed by atoms with E-state index in [0.29, 0.717) is 18.5 Å². The van der Waals surface area contributed by atoms with Crippen LogP contribution < -0.4 is 5.32 Å². The molecule has 0 saturated heterocycles. The van der Waals surface area contributed by atoms with E-state index < -0.39 is 0 Å². The van der Waals surface area contributed by atoms with Crippen molar-refractivity contribution in [3.05, 3.63) is 53.1 Å². The molecule has 0 heterocycles. The fourth-order valence-corrected chi connectivity index (χ4v) is 3.19. The molecule has 4 nitrogen and oxygen atoms in total. The molecular weight excluding hydrogens is 302 g/mol. The fraction of sp³-hybridized carbons (Fsp3) is 0.250. The number of nitrogens with one attached hydrogen (secondary N) is 1. The summed E-state index contributed by atoms with van der Waals surface area (Å²) in [7, 11) is 0. The van der Waals surface area contributed by atoms with Gasteiger partial charge in [0.15, 0.2) is 11.5 Å². The summed E-state index contributed by atoms with van der Waals surface area (Å²) in [5.41, 5.74) is 4.07. The van der Waals surface area contributed by atoms with E-state index in [1.165, 1.54) is 6.92 Å². The Morgan fingerprint density at radius 3 is 2.62 bits per heavy atom. The number of Topliss-reactive ketones (excluding diaryl/α,β-unsaturated/α-hetero) is 1. The molecule has 0 amide bonds. The second-order valence-corrected chi connectivity index (χ2v) is 6.06. The third-order valence-electron chi connectivity index (χ3n) is 4.28. The maximum atomic E-state index is 11.2. The van der Waals surface area contributed by atoms with E-state index >= 15 is 0 Å². The van der Waals surface area contributed by atoms with Gasteiger partial charge in [0.25, 0.3) is 0 Å². The molecule has 124 valence electrons. The molecule has 0 unspecified atom stereocenters. The van der Waals surface area contributed by atoms with Crippen LogP contribution in [0.3, 0.4) is 0 Å². The molecule has 0 aromatic heterocycles. The summed E-state index contributed by atoms with van der Waals surface area (Å²) < 4.78 is 0. The van der Waals surface area contributed by atoms with Crippen molar-refractivity contribution in [3.63, 3.8) is 0 Å². The lowest BCUT2D eigenvalue weighted by molar-refractivity contribution is -0.116. The highest BCUT2D eigenvalue weighted by molar-refractivity contribution is 5.84. The molecule has 1 aliphatic rings. The molecule has 1 aliphatic carbocycles. The van der Waals surface area contributed by atoms with E-state index in [1.807, 2.05) is 36.4 Å². The van der Waals surface area contributed by atoms with Crippen molar-refractivity contribution in [3.8, 4) is 22.6 Å². The maximum absolute atomic E-state index is 11.2. The largest absolute Gasteiger partial charge is 0.504 e. The van der Waals surface area contributed by atoms with Crippen LogP contribution in [0, 0.1) is 0 Å². The van der Waals surface area contributed by atoms with Gasteiger partial charge in [0, 0.05) is 17.7 Å². The van der Waals surface area contributed by atoms with Crippen molar-refractivity contribution in [2.75, 3.05) is 6.54 Å². The molecule has 0 radical (unpaired) electrons. The average molecular weight is 323 g/mol. The first kappa shape index (κ1) is 16.3. The van der Waals surface area contributed by atoms with Crippen LogP contribution >= 0.6 is 0 Å². The van der Waals surface area contributed by atoms with Crippen LogP contribution in [0.1, 0.15) is 30.0 Å². The van der Waals surface area contributed by atoms with Crippen molar-refractivity contribution in [2.24, 2.45) is 0 Å². The molecule has 0 fully saturated rings. The lowest BCUT2D eigenvalue weighted by Crippen LogP contribution is -2.21. The molecule has 3 rings (SSSR count). The molecule has 2 aromatic carbocycles. The molecule has 4 heteroatoms. The van der Waals surface area contributed by atoms with E-state index in [-0.39, 0.29) is 23.8 Å². The Bertz CT molecular complexity index is 795. The van der Waals surface area contributed by atoms with Crippen LogP contribution in [0.5, 0.6) is 11.5 Å². The Balaban J connectivity index is 2.17. The quantitative estimate of drug-likeness (QED) is 0.738. The van der Waals surface area contributed by atoms with Crippen molar-refractivity contribution < 1.29 is 15.0 Å². The Morgan fingerprint density at radius 1 is 1.17 bits per heavy atom. The summed E-state index contributed by atoms with van der Waals surface area (Å²) in [5.74, 6) is -0.0675. The average Bonchev–Trinajstić information content (AvgIpc) is 2.60. The number of ketones is 1. The van der Waals surface area contributed by atoms with Crippen LogP contribution in [-0.2, 0) is 17.8 Å². The van der Waals surface area contributed by atoms with Gasteiger partial charge in [0.1, 0.15) is 5.78 Å². The molecule has 0 bridgehead atoms. The predicted octanol–water partition coefficient (Wildman–Crippen LogP) is 3.40. The molecule has 0 spiro atoms. The molecule has 2 aromatic rings. The number of fused-ring (bicyclic) bond motifs is 1. The van der Waals surface area contributed by atoms with Gasteiger partial charge in [0.2, 0.25) is 0 Å². The smallest absolute Gasteiger partial charge is 0.166 e. The number of hydrogen-bond donors (Lipinski definition) is 3. The van der Waals surface area contributed by atoms with Crippen molar-refractivity contribution in [2.45, 2.75) is 26.3 Å². The van der Waals surface area contributed by atoms with Gasteiger partial charge >= 0.3 is 0 Å². The number of benzene rings is 2. The number of allylic oxidation sites excluding steroid dienone is 1. The summed E-state index contributed by atoms with van der Waals surface area (Å²) in [6.07, 6.45) is 5.60. The highest BCUT2D eigenvalue weighted by atomic mass is 16.3. The number of hydrogen-bond acceptors (Lipinski definition) is 4. The topological polar surface area (TPSA) is 69.6 Å². The van der Waals surface area contributed by atoms with Crippen LogP contribution in [0.15, 0.2) is 36.4 Å². The van der Waals surface area contributed by atoms with Gasteiger partial charge in [-0.15, -0.1) is 0 Å². The first-order valence-electron chi connectivity index (χ1n) is 8.11. The molecule has 0 saturated carbocycles. The third-order valence-corrected chi connectivity index (χ3v) is 4.28. The summed E-state index contributed by atoms with van der Waals surface area (Å²) in [6.45, 7) is 2.26. The standard InChI is InChI=1S/C20H21NO3/c1-13(22)11-21-12-17-15-9-5-6-10-16(15)19(23)20(24)18(17)14-7-3-2-4-8-14/h2-5,7-9,21,23-24H,6,10-12H2,1H3. The minimum Gasteiger partial charge on any atom is -0.504 e. The van der Waals surface area contributed by atoms with Gasteiger partial charge in [-0.2, -0.15) is 0 Å². The highest BCUT2D eigenvalue weighted by Gasteiger charge is 2.24. The number of carbonyl (C=O) groups excluding carboxylic acids is 1. The van der Waals surface area contributed by atoms with E-state index in [4.69, 9.17) is 0 Å². The number of carbonyl (C=O) groups is 1. The monoisotopic (exact) mass is 323 g/mol. The first-order chi connectivity index (χ1) is 11.6. The Labute approximate surface area is 141 Å². The summed E-state index contributed by atoms with van der Waals surface area (Å²) in [4.78, 5) is 11.2. The molecule has 24 heavy (non-hydrogen) atoms. The van der Waals surface area contributed by atoms with Crippen molar-refractivity contribution in [1.29, 1.82) is 0 Å². The van der Waals surface area contributed by atoms with E-state index in [9.17, 15) is 15.0 Å². The van der Waals surface area contributed by atoms with Crippen LogP contribution in [-0.4, -0.2) is 22.5 Å². The minimum absolute atomic E-state index is 0.0384. The van der Waals surface area contributed by atoms with E-state index in [0.717, 1.165) is 28.7 Å². The van der Waals surface area contributed by atoms with Gasteiger partial charge in [-0.1, -0.05) is 42.5 Å². The number of rotatable bonds is 5. The van der Waals surface area contributed by atoms with Crippen molar-refractivity contribution >= 4 is 11.9 Å². The second kappa shape index (κ2) is 6.89. The summed E-state index contributed by atoms with van der Waals surface area (Å²) >= 11 is 0. The molecule has 0 atom stereocenters. The van der Waals surface area contributed by atoms with Crippen molar-refractivity contribution in [1.82, 2.24) is 5.32 Å². The second-order valence-electron chi connectivity index (χ2n) is 6.06. The van der Waals surface area contributed by atoms with Gasteiger partial charge in [0.05, 0.1) is 6.54 Å². The van der Waals surface area contributed by atoms with Gasteiger partial charge in [-0.05, 0) is 36.5 Å². The molecule has 0 aliphatic heterocycles. The molecular formula is C20H21NO3. The number of aromatic hydroxyl groups is 2. The fourth-order valence-electron chi connectivity index (χ4n) is 3.19. The number of phenolic OH excluding ortho intramolecular Hbond substituents is 2. The predicted molar refractivity (Wildman–Crippen MR) is 95.0 cm³/mol. The first-order valence-corrected chi connectivity index (χ1v) is 8.11. The Kier molecular flexibility index (Phi) is 4.67. The van der Waals surface area contributed by atoms with E-state index in [2.05, 4.69) is 11.4 Å². The van der Waals surface area contributed by atoms with E-state index in [1.54, 1.807) is 0 Å². The SMILES string of the molecule is CC(=O)CNCc1c2c(c(O)c(O)c1-c1ccccc1)CCC=C2. The zero-order valence-electron chi connectivity index (χ0n) is 13.7. The lowest BCUT2D eigenvalue weighted by atomic mass is 9.86. The van der Waals surface area contributed by atoms with Gasteiger partial charge < -0.3 is 15.5 Å². The van der Waals surface area contributed by atoms with Crippen LogP contribution in [0.2, 0.25) is 0 Å². The Morgan fingerprint density at radius 2 is 1.92 bits per heavy atom. The van der Waals surface area contributed by atoms with Crippen LogP contribution in [0.4, 0.5) is 0 Å². The van der Waals surface area contributed by atoms with Gasteiger partial charge in [-0.3, -0.25) is 4.79 Å². The molecule has 3 N–H and O–H groups in total. The third kappa shape index (κ3) is 3.05. The maximum Gasteiger partial charge on any atom is 0.166 e. The van der Waals surface area contributed by atoms with Gasteiger partial charge in [-0.25, -0.2) is 0 Å². The zero-order chi connectivity index (χ0) is 17.1. The normalized spacial score (nSPS) is 12.9.